The summed E-state index contributed by atoms with van der Waals surface area (Å²) >= 11 is 18.9. The predicted octanol–water partition coefficient (Wildman–Crippen LogP) is 2.73. The van der Waals surface area contributed by atoms with Crippen molar-refractivity contribution >= 4 is 61.9 Å². The van der Waals surface area contributed by atoms with Crippen molar-refractivity contribution < 1.29 is 28.2 Å². The summed E-state index contributed by atoms with van der Waals surface area (Å²) in [6.07, 6.45) is 0. The molecule has 0 aliphatic rings. The summed E-state index contributed by atoms with van der Waals surface area (Å²) in [4.78, 5) is 7.43. The van der Waals surface area contributed by atoms with E-state index >= 15 is 0 Å². The normalized spacial score (nSPS) is 14.9. The van der Waals surface area contributed by atoms with E-state index in [0.29, 0.717) is 0 Å². The lowest BCUT2D eigenvalue weighted by atomic mass is 10.8. The van der Waals surface area contributed by atoms with E-state index in [0.717, 1.165) is 14.2 Å². The SMILES string of the molecule is COP(=O)(OC)C(O)C(Cl)(Cl)Cl.O=[P+](O)S. The first-order valence-corrected chi connectivity index (χ1v) is 8.43. The minimum Gasteiger partial charge on any atom is -0.377 e. The van der Waals surface area contributed by atoms with Gasteiger partial charge in [-0.2, -0.15) is 4.89 Å². The molecule has 0 spiro atoms. The van der Waals surface area contributed by atoms with Gasteiger partial charge in [-0.3, -0.25) is 4.57 Å². The lowest BCUT2D eigenvalue weighted by Gasteiger charge is -2.24. The van der Waals surface area contributed by atoms with Gasteiger partial charge in [-0.25, -0.2) is 0 Å². The Morgan fingerprint density at radius 1 is 1.38 bits per heavy atom. The zero-order valence-corrected chi connectivity index (χ0v) is 13.0. The topological polar surface area (TPSA) is 93.1 Å². The molecule has 0 saturated heterocycles. The Kier molecular flexibility index (Phi) is 10.5. The Bertz CT molecular complexity index is 259. The van der Waals surface area contributed by atoms with Gasteiger partial charge in [0, 0.05) is 14.2 Å². The maximum atomic E-state index is 11.3. The molecule has 0 fully saturated rings. The summed E-state index contributed by atoms with van der Waals surface area (Å²) in [7, 11) is -3.74. The first-order chi connectivity index (χ1) is 7.01. The Labute approximate surface area is 114 Å². The van der Waals surface area contributed by atoms with Gasteiger partial charge >= 0.3 is 14.8 Å². The van der Waals surface area contributed by atoms with Crippen LogP contribution in [0.1, 0.15) is 0 Å². The van der Waals surface area contributed by atoms with Crippen molar-refractivity contribution in [1.29, 1.82) is 0 Å². The average Bonchev–Trinajstić information content (AvgIpc) is 2.13. The van der Waals surface area contributed by atoms with E-state index in [2.05, 4.69) is 21.3 Å². The first-order valence-electron chi connectivity index (χ1n) is 3.32. The van der Waals surface area contributed by atoms with Gasteiger partial charge in [-0.1, -0.05) is 34.8 Å². The smallest absolute Gasteiger partial charge is 0.377 e. The van der Waals surface area contributed by atoms with E-state index in [1.807, 2.05) is 0 Å². The molecular weight excluding hydrogens is 344 g/mol. The van der Waals surface area contributed by atoms with Crippen LogP contribution in [0.5, 0.6) is 0 Å². The number of aliphatic hydroxyl groups is 1. The van der Waals surface area contributed by atoms with Gasteiger partial charge in [-0.05, 0) is 4.57 Å². The van der Waals surface area contributed by atoms with Crippen molar-refractivity contribution in [3.05, 3.63) is 0 Å². The second kappa shape index (κ2) is 8.48. The third kappa shape index (κ3) is 8.48. The molecule has 98 valence electrons. The molecule has 2 N–H and O–H groups in total. The highest BCUT2D eigenvalue weighted by Gasteiger charge is 2.46. The molecule has 0 aliphatic heterocycles. The Morgan fingerprint density at radius 3 is 1.69 bits per heavy atom. The molecule has 0 bridgehead atoms. The van der Waals surface area contributed by atoms with Gasteiger partial charge in [0.2, 0.25) is 9.64 Å². The molecular formula is C4H10Cl3O6P2S+. The summed E-state index contributed by atoms with van der Waals surface area (Å²) in [5, 5.41) is 9.20. The molecule has 0 heterocycles. The van der Waals surface area contributed by atoms with Gasteiger partial charge in [0.1, 0.15) is 12.2 Å². The number of halogens is 3. The van der Waals surface area contributed by atoms with Crippen molar-refractivity contribution in [2.45, 2.75) is 9.64 Å². The van der Waals surface area contributed by atoms with Crippen LogP contribution in [0, 0.1) is 0 Å². The summed E-state index contributed by atoms with van der Waals surface area (Å²) < 4.78 is 27.1. The van der Waals surface area contributed by atoms with Crippen molar-refractivity contribution in [2.24, 2.45) is 0 Å². The van der Waals surface area contributed by atoms with Gasteiger partial charge < -0.3 is 14.2 Å². The van der Waals surface area contributed by atoms with Crippen LogP contribution in [-0.2, 0) is 18.2 Å². The number of alkyl halides is 3. The van der Waals surface area contributed by atoms with Crippen LogP contribution in [0.4, 0.5) is 0 Å². The van der Waals surface area contributed by atoms with Crippen LogP contribution in [0.2, 0.25) is 0 Å². The van der Waals surface area contributed by atoms with Crippen LogP contribution < -0.4 is 0 Å². The minimum absolute atomic E-state index is 1.09. The van der Waals surface area contributed by atoms with Crippen LogP contribution >= 0.6 is 61.9 Å². The molecule has 0 aromatic rings. The Balaban J connectivity index is 0. The van der Waals surface area contributed by atoms with Crippen molar-refractivity contribution in [2.75, 3.05) is 14.2 Å². The largest absolute Gasteiger partial charge is 0.579 e. The molecule has 0 radical (unpaired) electrons. The van der Waals surface area contributed by atoms with Crippen LogP contribution in [-0.4, -0.2) is 33.9 Å². The summed E-state index contributed by atoms with van der Waals surface area (Å²) in [5.74, 6) is -1.80. The van der Waals surface area contributed by atoms with E-state index < -0.39 is 24.5 Å². The lowest BCUT2D eigenvalue weighted by Crippen LogP contribution is -2.26. The van der Waals surface area contributed by atoms with E-state index in [4.69, 9.17) is 44.3 Å². The number of aliphatic hydroxyl groups excluding tert-OH is 1. The second-order valence-electron chi connectivity index (χ2n) is 2.07. The first kappa shape index (κ1) is 19.7. The average molecular weight is 354 g/mol. The third-order valence-corrected chi connectivity index (χ3v) is 4.18. The zero-order valence-electron chi connectivity index (χ0n) is 8.08. The fraction of sp³-hybridized carbons (Fsp3) is 1.00. The Hall–Kier alpha value is 1.39. The van der Waals surface area contributed by atoms with Crippen LogP contribution in [0.25, 0.3) is 0 Å². The maximum Gasteiger partial charge on any atom is 0.579 e. The molecule has 0 amide bonds. The van der Waals surface area contributed by atoms with Gasteiger partial charge in [0.05, 0.1) is 0 Å². The standard InChI is InChI=1S/C4H8Cl3O4P.HO2PS/c1-10-12(9,11-2)3(8)4(5,6)7;1-3(2)4/h3,8H,1-2H3;(H-,1,2,4)/p+1. The van der Waals surface area contributed by atoms with Gasteiger partial charge in [-0.15, -0.1) is 0 Å². The highest BCUT2D eigenvalue weighted by molar-refractivity contribution is 8.38. The molecule has 12 heteroatoms. The van der Waals surface area contributed by atoms with E-state index in [9.17, 15) is 9.67 Å². The molecule has 16 heavy (non-hydrogen) atoms. The molecule has 0 aliphatic carbocycles. The Morgan fingerprint density at radius 2 is 1.62 bits per heavy atom. The molecule has 6 nitrogen and oxygen atoms in total. The molecule has 0 rings (SSSR count). The van der Waals surface area contributed by atoms with E-state index in [-0.39, 0.29) is 0 Å². The number of thiol groups is 1. The summed E-state index contributed by atoms with van der Waals surface area (Å²) in [6, 6.07) is 0. The van der Waals surface area contributed by atoms with E-state index in [1.54, 1.807) is 0 Å². The fourth-order valence-corrected chi connectivity index (χ4v) is 2.44. The third-order valence-electron chi connectivity index (χ3n) is 1.10. The molecule has 0 saturated carbocycles. The van der Waals surface area contributed by atoms with Crippen LogP contribution in [0.15, 0.2) is 0 Å². The van der Waals surface area contributed by atoms with Crippen molar-refractivity contribution in [3.8, 4) is 0 Å². The lowest BCUT2D eigenvalue weighted by molar-refractivity contribution is 0.176. The van der Waals surface area contributed by atoms with Gasteiger partial charge in [0.15, 0.2) is 0 Å². The van der Waals surface area contributed by atoms with Crippen LogP contribution in [0.3, 0.4) is 0 Å². The van der Waals surface area contributed by atoms with Crippen molar-refractivity contribution in [1.82, 2.24) is 0 Å². The van der Waals surface area contributed by atoms with E-state index in [1.165, 1.54) is 0 Å². The number of hydrogen-bond acceptors (Lipinski definition) is 5. The monoisotopic (exact) mass is 353 g/mol. The quantitative estimate of drug-likeness (QED) is 0.410. The summed E-state index contributed by atoms with van der Waals surface area (Å²) in [6.45, 7) is 0. The highest BCUT2D eigenvalue weighted by atomic mass is 35.6. The maximum absolute atomic E-state index is 11.3. The summed E-state index contributed by atoms with van der Waals surface area (Å²) in [5.41, 5.74) is 0. The molecule has 2 unspecified atom stereocenters. The fourth-order valence-electron chi connectivity index (χ4n) is 0.454. The highest BCUT2D eigenvalue weighted by Crippen LogP contribution is 2.57. The van der Waals surface area contributed by atoms with Gasteiger partial charge in [0.25, 0.3) is 0 Å². The molecule has 2 atom stereocenters. The zero-order chi connectivity index (χ0) is 13.6. The predicted molar refractivity (Wildman–Crippen MR) is 66.7 cm³/mol. The second-order valence-corrected chi connectivity index (χ2v) is 8.27. The molecule has 0 aromatic carbocycles. The minimum atomic E-state index is -3.73. The number of hydrogen-bond donors (Lipinski definition) is 3. The number of rotatable bonds is 3. The van der Waals surface area contributed by atoms with Crippen molar-refractivity contribution in [3.63, 3.8) is 0 Å². The molecule has 0 aromatic heterocycles.